The minimum atomic E-state index is -3.38. The van der Waals surface area contributed by atoms with E-state index in [-0.39, 0.29) is 25.0 Å². The Kier molecular flexibility index (Phi) is 4.17. The molecule has 0 unspecified atom stereocenters. The fourth-order valence-corrected chi connectivity index (χ4v) is 4.73. The molecule has 24 heavy (non-hydrogen) atoms. The first-order valence-electron chi connectivity index (χ1n) is 7.93. The van der Waals surface area contributed by atoms with E-state index in [9.17, 15) is 18.3 Å². The molecule has 3 heterocycles. The standard InChI is InChI=1S/C14H23N5O4S/c1-10(2)19-9-15-16-12(19)6-17-4-11-5-18(24(3,22)23)8-14(11,7-17)13(20)21/h9-11H,4-8H2,1-3H3,(H,20,21)/t11-,14-/m1/s1. The van der Waals surface area contributed by atoms with E-state index in [2.05, 4.69) is 10.2 Å². The number of aliphatic carboxylic acids is 1. The number of aromatic nitrogens is 3. The Bertz CT molecular complexity index is 746. The minimum Gasteiger partial charge on any atom is -0.481 e. The van der Waals surface area contributed by atoms with Crippen LogP contribution in [-0.2, 0) is 21.4 Å². The van der Waals surface area contributed by atoms with Gasteiger partial charge in [-0.15, -0.1) is 10.2 Å². The summed E-state index contributed by atoms with van der Waals surface area (Å²) < 4.78 is 26.8. The third kappa shape index (κ3) is 2.82. The first kappa shape index (κ1) is 17.3. The molecule has 1 aromatic heterocycles. The third-order valence-electron chi connectivity index (χ3n) is 5.11. The highest BCUT2D eigenvalue weighted by molar-refractivity contribution is 7.88. The molecule has 0 radical (unpaired) electrons. The van der Waals surface area contributed by atoms with Crippen LogP contribution in [-0.4, -0.2) is 75.9 Å². The molecule has 134 valence electrons. The van der Waals surface area contributed by atoms with Gasteiger partial charge >= 0.3 is 5.97 Å². The molecule has 1 N–H and O–H groups in total. The van der Waals surface area contributed by atoms with Gasteiger partial charge in [-0.1, -0.05) is 0 Å². The summed E-state index contributed by atoms with van der Waals surface area (Å²) in [6.07, 6.45) is 2.81. The number of carboxylic acid groups (broad SMARTS) is 1. The van der Waals surface area contributed by atoms with Gasteiger partial charge in [0.25, 0.3) is 0 Å². The number of carboxylic acids is 1. The summed E-state index contributed by atoms with van der Waals surface area (Å²) in [4.78, 5) is 14.0. The molecule has 0 amide bonds. The number of sulfonamides is 1. The average molecular weight is 357 g/mol. The minimum absolute atomic E-state index is 0.0409. The quantitative estimate of drug-likeness (QED) is 0.766. The first-order chi connectivity index (χ1) is 11.1. The van der Waals surface area contributed by atoms with E-state index in [0.717, 1.165) is 12.1 Å². The van der Waals surface area contributed by atoms with E-state index in [1.54, 1.807) is 6.33 Å². The number of fused-ring (bicyclic) bond motifs is 1. The summed E-state index contributed by atoms with van der Waals surface area (Å²) in [6.45, 7) is 5.76. The maximum absolute atomic E-state index is 11.9. The second-order valence-corrected chi connectivity index (χ2v) is 9.11. The molecule has 2 atom stereocenters. The zero-order chi connectivity index (χ0) is 17.7. The summed E-state index contributed by atoms with van der Waals surface area (Å²) in [5, 5.41) is 17.8. The molecule has 3 rings (SSSR count). The molecule has 1 aromatic rings. The van der Waals surface area contributed by atoms with Crippen LogP contribution in [0.15, 0.2) is 6.33 Å². The van der Waals surface area contributed by atoms with Crippen molar-refractivity contribution < 1.29 is 18.3 Å². The lowest BCUT2D eigenvalue weighted by Crippen LogP contribution is -2.41. The van der Waals surface area contributed by atoms with Gasteiger partial charge in [-0.2, -0.15) is 0 Å². The highest BCUT2D eigenvalue weighted by Gasteiger charge is 2.59. The molecule has 10 heteroatoms. The summed E-state index contributed by atoms with van der Waals surface area (Å²) in [5.41, 5.74) is -1.04. The molecule has 0 saturated carbocycles. The predicted molar refractivity (Wildman–Crippen MR) is 85.7 cm³/mol. The van der Waals surface area contributed by atoms with Gasteiger partial charge in [0.1, 0.15) is 12.2 Å². The maximum atomic E-state index is 11.9. The fourth-order valence-electron chi connectivity index (χ4n) is 3.81. The van der Waals surface area contributed by atoms with Crippen molar-refractivity contribution in [2.24, 2.45) is 11.3 Å². The number of hydrogen-bond donors (Lipinski definition) is 1. The number of nitrogens with zero attached hydrogens (tertiary/aromatic N) is 5. The summed E-state index contributed by atoms with van der Waals surface area (Å²) in [7, 11) is -3.38. The van der Waals surface area contributed by atoms with Gasteiger partial charge in [0.05, 0.1) is 18.2 Å². The van der Waals surface area contributed by atoms with E-state index in [0.29, 0.717) is 19.6 Å². The Balaban J connectivity index is 1.79. The predicted octanol–water partition coefficient (Wildman–Crippen LogP) is -0.363. The number of hydrogen-bond acceptors (Lipinski definition) is 6. The SMILES string of the molecule is CC(C)n1cnnc1CN1C[C@@H]2CN(S(C)(=O)=O)C[C@]2(C(=O)O)C1. The number of carbonyl (C=O) groups is 1. The third-order valence-corrected chi connectivity index (χ3v) is 6.33. The molecule has 0 spiro atoms. The van der Waals surface area contributed by atoms with Crippen molar-refractivity contribution in [2.75, 3.05) is 32.4 Å². The van der Waals surface area contributed by atoms with Crippen molar-refractivity contribution in [1.82, 2.24) is 24.0 Å². The Morgan fingerprint density at radius 3 is 2.67 bits per heavy atom. The summed E-state index contributed by atoms with van der Waals surface area (Å²) in [5.74, 6) is -0.336. The van der Waals surface area contributed by atoms with Crippen LogP contribution in [0.2, 0.25) is 0 Å². The maximum Gasteiger partial charge on any atom is 0.312 e. The van der Waals surface area contributed by atoms with Crippen molar-refractivity contribution in [3.05, 3.63) is 12.2 Å². The van der Waals surface area contributed by atoms with Crippen LogP contribution in [0.25, 0.3) is 0 Å². The van der Waals surface area contributed by atoms with E-state index in [4.69, 9.17) is 0 Å². The molecule has 2 saturated heterocycles. The highest BCUT2D eigenvalue weighted by Crippen LogP contribution is 2.43. The van der Waals surface area contributed by atoms with Gasteiger partial charge in [0.2, 0.25) is 10.0 Å². The molecule has 0 aromatic carbocycles. The van der Waals surface area contributed by atoms with Crippen molar-refractivity contribution in [3.8, 4) is 0 Å². The number of rotatable bonds is 5. The molecule has 0 bridgehead atoms. The fraction of sp³-hybridized carbons (Fsp3) is 0.786. The Morgan fingerprint density at radius 1 is 1.42 bits per heavy atom. The van der Waals surface area contributed by atoms with E-state index >= 15 is 0 Å². The van der Waals surface area contributed by atoms with Crippen molar-refractivity contribution in [2.45, 2.75) is 26.4 Å². The Morgan fingerprint density at radius 2 is 2.12 bits per heavy atom. The number of likely N-dealkylation sites (tertiary alicyclic amines) is 1. The topological polar surface area (TPSA) is 109 Å². The van der Waals surface area contributed by atoms with Crippen LogP contribution in [0.1, 0.15) is 25.7 Å². The van der Waals surface area contributed by atoms with Crippen LogP contribution < -0.4 is 0 Å². The van der Waals surface area contributed by atoms with Crippen molar-refractivity contribution in [3.63, 3.8) is 0 Å². The van der Waals surface area contributed by atoms with Gasteiger partial charge in [-0.3, -0.25) is 9.69 Å². The van der Waals surface area contributed by atoms with Crippen LogP contribution in [0, 0.1) is 11.3 Å². The molecule has 2 aliphatic heterocycles. The van der Waals surface area contributed by atoms with Crippen molar-refractivity contribution in [1.29, 1.82) is 0 Å². The van der Waals surface area contributed by atoms with Crippen LogP contribution in [0.4, 0.5) is 0 Å². The summed E-state index contributed by atoms with van der Waals surface area (Å²) in [6, 6.07) is 0.228. The second-order valence-electron chi connectivity index (χ2n) is 7.13. The second kappa shape index (κ2) is 5.78. The van der Waals surface area contributed by atoms with Crippen LogP contribution in [0.5, 0.6) is 0 Å². The smallest absolute Gasteiger partial charge is 0.312 e. The zero-order valence-electron chi connectivity index (χ0n) is 14.1. The van der Waals surface area contributed by atoms with Crippen LogP contribution in [0.3, 0.4) is 0 Å². The average Bonchev–Trinajstić information content (AvgIpc) is 3.09. The van der Waals surface area contributed by atoms with E-state index in [1.165, 1.54) is 4.31 Å². The van der Waals surface area contributed by atoms with Gasteiger partial charge in [0, 0.05) is 38.1 Å². The largest absolute Gasteiger partial charge is 0.481 e. The highest BCUT2D eigenvalue weighted by atomic mass is 32.2. The summed E-state index contributed by atoms with van der Waals surface area (Å²) >= 11 is 0. The molecule has 2 fully saturated rings. The molecule has 9 nitrogen and oxygen atoms in total. The lowest BCUT2D eigenvalue weighted by atomic mass is 9.81. The van der Waals surface area contributed by atoms with Crippen LogP contribution >= 0.6 is 0 Å². The Hall–Kier alpha value is -1.52. The molecular formula is C14H23N5O4S. The monoisotopic (exact) mass is 357 g/mol. The molecular weight excluding hydrogens is 334 g/mol. The zero-order valence-corrected chi connectivity index (χ0v) is 14.9. The van der Waals surface area contributed by atoms with Crippen molar-refractivity contribution >= 4 is 16.0 Å². The molecule has 0 aliphatic carbocycles. The van der Waals surface area contributed by atoms with E-state index in [1.807, 2.05) is 23.3 Å². The van der Waals surface area contributed by atoms with Gasteiger partial charge < -0.3 is 9.67 Å². The van der Waals surface area contributed by atoms with Gasteiger partial charge in [0.15, 0.2) is 0 Å². The Labute approximate surface area is 141 Å². The van der Waals surface area contributed by atoms with Gasteiger partial charge in [-0.25, -0.2) is 12.7 Å². The van der Waals surface area contributed by atoms with E-state index < -0.39 is 21.4 Å². The normalized spacial score (nSPS) is 28.6. The van der Waals surface area contributed by atoms with Gasteiger partial charge in [-0.05, 0) is 13.8 Å². The lowest BCUT2D eigenvalue weighted by Gasteiger charge is -2.24. The first-order valence-corrected chi connectivity index (χ1v) is 9.77. The lowest BCUT2D eigenvalue weighted by molar-refractivity contribution is -0.148. The molecule has 2 aliphatic rings.